The molecule has 1 atom stereocenters. The van der Waals surface area contributed by atoms with E-state index in [0.29, 0.717) is 11.7 Å². The predicted octanol–water partition coefficient (Wildman–Crippen LogP) is 5.61. The van der Waals surface area contributed by atoms with Crippen molar-refractivity contribution in [1.29, 1.82) is 0 Å². The van der Waals surface area contributed by atoms with E-state index >= 15 is 0 Å². The molecule has 1 N–H and O–H groups in total. The van der Waals surface area contributed by atoms with Crippen molar-refractivity contribution in [1.82, 2.24) is 4.57 Å². The van der Waals surface area contributed by atoms with Crippen molar-refractivity contribution in [2.75, 3.05) is 11.0 Å². The summed E-state index contributed by atoms with van der Waals surface area (Å²) < 4.78 is 27.9. The monoisotopic (exact) mass is 390 g/mol. The van der Waals surface area contributed by atoms with Gasteiger partial charge in [0.2, 0.25) is 10.0 Å². The van der Waals surface area contributed by atoms with Gasteiger partial charge >= 0.3 is 0 Å². The minimum Gasteiger partial charge on any atom is -0.344 e. The minimum absolute atomic E-state index is 0.292. The number of fused-ring (bicyclic) bond motifs is 1. The van der Waals surface area contributed by atoms with E-state index in [1.165, 1.54) is 0 Å². The topological polar surface area (TPSA) is 51.1 Å². The van der Waals surface area contributed by atoms with Crippen molar-refractivity contribution in [3.8, 4) is 11.1 Å². The largest absolute Gasteiger partial charge is 0.344 e. The minimum atomic E-state index is -3.32. The first kappa shape index (κ1) is 18.8. The summed E-state index contributed by atoms with van der Waals surface area (Å²) in [6.45, 7) is 6.28. The van der Waals surface area contributed by atoms with E-state index in [9.17, 15) is 8.42 Å². The van der Waals surface area contributed by atoms with Crippen LogP contribution in [0.15, 0.2) is 42.6 Å². The second kappa shape index (κ2) is 6.97. The fraction of sp³-hybridized carbons (Fsp3) is 0.300. The number of nitrogens with one attached hydrogen (secondary N) is 1. The fourth-order valence-electron chi connectivity index (χ4n) is 3.08. The Bertz CT molecular complexity index is 1070. The highest BCUT2D eigenvalue weighted by Gasteiger charge is 2.15. The van der Waals surface area contributed by atoms with Crippen molar-refractivity contribution < 1.29 is 8.42 Å². The Morgan fingerprint density at radius 3 is 2.54 bits per heavy atom. The third kappa shape index (κ3) is 3.74. The SMILES string of the molecule is CC[C@@H](C)n1cc(-c2ccc(C)c(Cl)c2)c2ccc(NS(C)(=O)=O)cc21. The lowest BCUT2D eigenvalue weighted by Gasteiger charge is -2.13. The summed E-state index contributed by atoms with van der Waals surface area (Å²) in [4.78, 5) is 0. The van der Waals surface area contributed by atoms with Crippen LogP contribution in [-0.4, -0.2) is 19.2 Å². The maximum absolute atomic E-state index is 11.6. The summed E-state index contributed by atoms with van der Waals surface area (Å²) in [5.74, 6) is 0. The molecule has 138 valence electrons. The van der Waals surface area contributed by atoms with Gasteiger partial charge in [0.1, 0.15) is 0 Å². The number of nitrogens with zero attached hydrogens (tertiary/aromatic N) is 1. The smallest absolute Gasteiger partial charge is 0.229 e. The van der Waals surface area contributed by atoms with Gasteiger partial charge in [0.15, 0.2) is 0 Å². The average Bonchev–Trinajstić information content (AvgIpc) is 2.94. The molecule has 0 saturated carbocycles. The normalized spacial score (nSPS) is 13.1. The Balaban J connectivity index is 2.22. The average molecular weight is 391 g/mol. The molecule has 0 aliphatic rings. The number of rotatable bonds is 5. The molecular weight excluding hydrogens is 368 g/mol. The van der Waals surface area contributed by atoms with Crippen molar-refractivity contribution in [3.63, 3.8) is 0 Å². The van der Waals surface area contributed by atoms with Crippen LogP contribution in [0.5, 0.6) is 0 Å². The van der Waals surface area contributed by atoms with Crippen molar-refractivity contribution in [2.45, 2.75) is 33.2 Å². The van der Waals surface area contributed by atoms with Crippen LogP contribution >= 0.6 is 11.6 Å². The van der Waals surface area contributed by atoms with Gasteiger partial charge in [-0.1, -0.05) is 36.7 Å². The molecule has 2 aromatic carbocycles. The first-order chi connectivity index (χ1) is 12.2. The molecule has 0 bridgehead atoms. The van der Waals surface area contributed by atoms with Crippen LogP contribution in [0, 0.1) is 6.92 Å². The highest BCUT2D eigenvalue weighted by molar-refractivity contribution is 7.92. The van der Waals surface area contributed by atoms with Gasteiger partial charge in [-0.3, -0.25) is 4.72 Å². The Morgan fingerprint density at radius 1 is 1.19 bits per heavy atom. The molecule has 3 aromatic rings. The Kier molecular flexibility index (Phi) is 5.04. The lowest BCUT2D eigenvalue weighted by molar-refractivity contribution is 0.548. The number of sulfonamides is 1. The number of hydrogen-bond acceptors (Lipinski definition) is 2. The second-order valence-corrected chi connectivity index (χ2v) is 8.93. The van der Waals surface area contributed by atoms with Crippen LogP contribution in [0.25, 0.3) is 22.0 Å². The summed E-state index contributed by atoms with van der Waals surface area (Å²) in [6.07, 6.45) is 4.26. The van der Waals surface area contributed by atoms with E-state index < -0.39 is 10.0 Å². The number of halogens is 1. The third-order valence-corrected chi connectivity index (χ3v) is 5.70. The van der Waals surface area contributed by atoms with E-state index in [0.717, 1.165) is 45.3 Å². The van der Waals surface area contributed by atoms with E-state index in [-0.39, 0.29) is 0 Å². The van der Waals surface area contributed by atoms with Gasteiger partial charge in [0, 0.05) is 28.2 Å². The zero-order valence-electron chi connectivity index (χ0n) is 15.4. The molecule has 0 fully saturated rings. The molecule has 0 spiro atoms. The van der Waals surface area contributed by atoms with Crippen LogP contribution in [0.2, 0.25) is 5.02 Å². The summed E-state index contributed by atoms with van der Waals surface area (Å²) in [5.41, 5.74) is 4.75. The van der Waals surface area contributed by atoms with Gasteiger partial charge < -0.3 is 4.57 Å². The lowest BCUT2D eigenvalue weighted by atomic mass is 10.0. The van der Waals surface area contributed by atoms with Crippen molar-refractivity contribution in [2.24, 2.45) is 0 Å². The third-order valence-electron chi connectivity index (χ3n) is 4.69. The molecule has 0 unspecified atom stereocenters. The fourth-order valence-corrected chi connectivity index (χ4v) is 3.82. The number of hydrogen-bond donors (Lipinski definition) is 1. The standard InChI is InChI=1S/C20H23ClN2O2S/c1-5-14(3)23-12-18(15-7-6-13(2)19(21)10-15)17-9-8-16(11-20(17)23)22-26(4,24)25/h6-12,14,22H,5H2,1-4H3/t14-/m1/s1. The molecule has 0 aliphatic heterocycles. The van der Waals surface area contributed by atoms with Crippen molar-refractivity contribution >= 4 is 38.2 Å². The van der Waals surface area contributed by atoms with Gasteiger partial charge in [-0.05, 0) is 49.6 Å². The van der Waals surface area contributed by atoms with Crippen LogP contribution in [0.4, 0.5) is 5.69 Å². The highest BCUT2D eigenvalue weighted by atomic mass is 35.5. The molecule has 0 amide bonds. The summed E-state index contributed by atoms with van der Waals surface area (Å²) in [6, 6.07) is 12.0. The molecule has 0 saturated heterocycles. The zero-order chi connectivity index (χ0) is 19.1. The van der Waals surface area contributed by atoms with E-state index in [2.05, 4.69) is 35.4 Å². The van der Waals surface area contributed by atoms with Crippen LogP contribution in [-0.2, 0) is 10.0 Å². The molecule has 0 aliphatic carbocycles. The number of anilines is 1. The van der Waals surface area contributed by atoms with Crippen LogP contribution in [0.1, 0.15) is 31.9 Å². The summed E-state index contributed by atoms with van der Waals surface area (Å²) >= 11 is 6.33. The summed E-state index contributed by atoms with van der Waals surface area (Å²) in [5, 5.41) is 1.81. The van der Waals surface area contributed by atoms with Gasteiger partial charge in [0.05, 0.1) is 17.5 Å². The first-order valence-electron chi connectivity index (χ1n) is 8.58. The van der Waals surface area contributed by atoms with E-state index in [1.54, 1.807) is 6.07 Å². The molecule has 26 heavy (non-hydrogen) atoms. The van der Waals surface area contributed by atoms with Crippen molar-refractivity contribution in [3.05, 3.63) is 53.2 Å². The van der Waals surface area contributed by atoms with Gasteiger partial charge in [0.25, 0.3) is 0 Å². The number of aromatic nitrogens is 1. The molecular formula is C20H23ClN2O2S. The number of benzene rings is 2. The Labute approximate surface area is 159 Å². The quantitative estimate of drug-likeness (QED) is 0.615. The Hall–Kier alpha value is -1.98. The van der Waals surface area contributed by atoms with E-state index in [1.807, 2.05) is 31.2 Å². The maximum Gasteiger partial charge on any atom is 0.229 e. The molecule has 4 nitrogen and oxygen atoms in total. The molecule has 6 heteroatoms. The van der Waals surface area contributed by atoms with Gasteiger partial charge in [-0.15, -0.1) is 0 Å². The second-order valence-electron chi connectivity index (χ2n) is 6.78. The maximum atomic E-state index is 11.6. The molecule has 0 radical (unpaired) electrons. The first-order valence-corrected chi connectivity index (χ1v) is 10.9. The van der Waals surface area contributed by atoms with Gasteiger partial charge in [-0.25, -0.2) is 8.42 Å². The zero-order valence-corrected chi connectivity index (χ0v) is 16.9. The van der Waals surface area contributed by atoms with Gasteiger partial charge in [-0.2, -0.15) is 0 Å². The van der Waals surface area contributed by atoms with Crippen LogP contribution in [0.3, 0.4) is 0 Å². The molecule has 1 aromatic heterocycles. The van der Waals surface area contributed by atoms with E-state index in [4.69, 9.17) is 11.6 Å². The predicted molar refractivity (Wildman–Crippen MR) is 111 cm³/mol. The van der Waals surface area contributed by atoms with Crippen LogP contribution < -0.4 is 4.72 Å². The highest BCUT2D eigenvalue weighted by Crippen LogP contribution is 2.36. The molecule has 3 rings (SSSR count). The lowest BCUT2D eigenvalue weighted by Crippen LogP contribution is -2.09. The Morgan fingerprint density at radius 2 is 1.92 bits per heavy atom. The number of aryl methyl sites for hydroxylation is 1. The molecule has 1 heterocycles. The summed E-state index contributed by atoms with van der Waals surface area (Å²) in [7, 11) is -3.32.